The summed E-state index contributed by atoms with van der Waals surface area (Å²) < 4.78 is 5.56. The number of hydrogen-bond acceptors (Lipinski definition) is 2. The van der Waals surface area contributed by atoms with Gasteiger partial charge in [0.2, 0.25) is 0 Å². The van der Waals surface area contributed by atoms with Crippen LogP contribution in [0.25, 0.3) is 0 Å². The molecule has 0 aliphatic heterocycles. The molecule has 1 atom stereocenters. The van der Waals surface area contributed by atoms with Crippen LogP contribution in [0.15, 0.2) is 0 Å². The standard InChI is InChI=1S/C12H27NO/c1-8-9-13-10(11(2,3)4)12(5,6)14-7/h10,13H,8-9H2,1-7H3. The summed E-state index contributed by atoms with van der Waals surface area (Å²) in [5, 5.41) is 3.58. The van der Waals surface area contributed by atoms with Crippen LogP contribution in [0.3, 0.4) is 0 Å². The van der Waals surface area contributed by atoms with Crippen molar-refractivity contribution in [2.45, 2.75) is 59.6 Å². The van der Waals surface area contributed by atoms with Gasteiger partial charge in [0.25, 0.3) is 0 Å². The highest BCUT2D eigenvalue weighted by Crippen LogP contribution is 2.29. The zero-order chi connectivity index (χ0) is 11.4. The van der Waals surface area contributed by atoms with Gasteiger partial charge in [-0.25, -0.2) is 0 Å². The second-order valence-electron chi connectivity index (χ2n) is 5.56. The number of nitrogens with one attached hydrogen (secondary N) is 1. The molecule has 0 saturated heterocycles. The van der Waals surface area contributed by atoms with E-state index in [1.807, 2.05) is 0 Å². The molecule has 0 aromatic carbocycles. The van der Waals surface area contributed by atoms with E-state index in [1.165, 1.54) is 0 Å². The molecule has 0 amide bonds. The van der Waals surface area contributed by atoms with Gasteiger partial charge in [0.1, 0.15) is 0 Å². The van der Waals surface area contributed by atoms with Gasteiger partial charge >= 0.3 is 0 Å². The zero-order valence-corrected chi connectivity index (χ0v) is 10.9. The third kappa shape index (κ3) is 3.97. The van der Waals surface area contributed by atoms with Crippen molar-refractivity contribution in [1.29, 1.82) is 0 Å². The summed E-state index contributed by atoms with van der Waals surface area (Å²) in [7, 11) is 1.78. The number of ether oxygens (including phenoxy) is 1. The third-order valence-corrected chi connectivity index (χ3v) is 2.69. The lowest BCUT2D eigenvalue weighted by Crippen LogP contribution is -2.55. The van der Waals surface area contributed by atoms with Crippen LogP contribution in [0.1, 0.15) is 48.0 Å². The molecule has 0 aromatic rings. The summed E-state index contributed by atoms with van der Waals surface area (Å²) in [6.07, 6.45) is 1.16. The average Bonchev–Trinajstić information content (AvgIpc) is 2.02. The predicted molar refractivity (Wildman–Crippen MR) is 62.6 cm³/mol. The van der Waals surface area contributed by atoms with E-state index in [-0.39, 0.29) is 11.0 Å². The molecule has 2 nitrogen and oxygen atoms in total. The molecule has 0 aliphatic rings. The molecule has 0 aliphatic carbocycles. The summed E-state index contributed by atoms with van der Waals surface area (Å²) in [6, 6.07) is 0.375. The lowest BCUT2D eigenvalue weighted by atomic mass is 9.77. The molecule has 0 radical (unpaired) electrons. The van der Waals surface area contributed by atoms with Gasteiger partial charge in [-0.15, -0.1) is 0 Å². The maximum Gasteiger partial charge on any atom is 0.0780 e. The minimum Gasteiger partial charge on any atom is -0.377 e. The minimum atomic E-state index is -0.118. The van der Waals surface area contributed by atoms with Gasteiger partial charge in [-0.1, -0.05) is 27.7 Å². The highest BCUT2D eigenvalue weighted by Gasteiger charge is 2.37. The van der Waals surface area contributed by atoms with Crippen LogP contribution in [0.4, 0.5) is 0 Å². The summed E-state index contributed by atoms with van der Waals surface area (Å²) in [5.41, 5.74) is 0.0993. The van der Waals surface area contributed by atoms with E-state index in [0.717, 1.165) is 13.0 Å². The van der Waals surface area contributed by atoms with Gasteiger partial charge in [-0.3, -0.25) is 0 Å². The molecule has 14 heavy (non-hydrogen) atoms. The van der Waals surface area contributed by atoms with E-state index >= 15 is 0 Å². The molecule has 0 bridgehead atoms. The Hall–Kier alpha value is -0.0800. The quantitative estimate of drug-likeness (QED) is 0.738. The van der Waals surface area contributed by atoms with Gasteiger partial charge in [0.05, 0.1) is 5.60 Å². The molecular formula is C12H27NO. The molecule has 1 unspecified atom stereocenters. The summed E-state index contributed by atoms with van der Waals surface area (Å²) in [4.78, 5) is 0. The Balaban J connectivity index is 4.56. The van der Waals surface area contributed by atoms with Crippen LogP contribution in [0.5, 0.6) is 0 Å². The Kier molecular flexibility index (Phi) is 5.10. The lowest BCUT2D eigenvalue weighted by Gasteiger charge is -2.42. The van der Waals surface area contributed by atoms with Gasteiger partial charge in [0.15, 0.2) is 0 Å². The van der Waals surface area contributed by atoms with Crippen molar-refractivity contribution in [3.63, 3.8) is 0 Å². The largest absolute Gasteiger partial charge is 0.377 e. The number of rotatable bonds is 5. The Bertz CT molecular complexity index is 158. The van der Waals surface area contributed by atoms with E-state index in [4.69, 9.17) is 4.74 Å². The maximum absolute atomic E-state index is 5.56. The highest BCUT2D eigenvalue weighted by molar-refractivity contribution is 4.93. The second kappa shape index (κ2) is 5.13. The molecule has 0 fully saturated rings. The first-order chi connectivity index (χ1) is 6.25. The molecule has 86 valence electrons. The molecule has 0 spiro atoms. The second-order valence-corrected chi connectivity index (χ2v) is 5.56. The highest BCUT2D eigenvalue weighted by atomic mass is 16.5. The summed E-state index contributed by atoms with van der Waals surface area (Å²) in [5.74, 6) is 0. The van der Waals surface area contributed by atoms with Crippen LogP contribution in [-0.4, -0.2) is 25.3 Å². The van der Waals surface area contributed by atoms with E-state index in [1.54, 1.807) is 7.11 Å². The number of hydrogen-bond donors (Lipinski definition) is 1. The fraction of sp³-hybridized carbons (Fsp3) is 1.00. The summed E-state index contributed by atoms with van der Waals surface area (Å²) in [6.45, 7) is 14.3. The normalized spacial score (nSPS) is 15.6. The first kappa shape index (κ1) is 13.9. The van der Waals surface area contributed by atoms with E-state index in [2.05, 4.69) is 46.9 Å². The average molecular weight is 201 g/mol. The van der Waals surface area contributed by atoms with Crippen LogP contribution in [-0.2, 0) is 4.74 Å². The maximum atomic E-state index is 5.56. The Morgan fingerprint density at radius 3 is 1.93 bits per heavy atom. The van der Waals surface area contributed by atoms with Crippen molar-refractivity contribution in [3.8, 4) is 0 Å². The lowest BCUT2D eigenvalue weighted by molar-refractivity contribution is -0.0422. The SMILES string of the molecule is CCCNC(C(C)(C)C)C(C)(C)OC. The van der Waals surface area contributed by atoms with Crippen molar-refractivity contribution in [3.05, 3.63) is 0 Å². The first-order valence-electron chi connectivity index (χ1n) is 5.54. The van der Waals surface area contributed by atoms with Crippen LogP contribution < -0.4 is 5.32 Å². The molecule has 2 heteroatoms. The summed E-state index contributed by atoms with van der Waals surface area (Å²) >= 11 is 0. The van der Waals surface area contributed by atoms with E-state index < -0.39 is 0 Å². The fourth-order valence-corrected chi connectivity index (χ4v) is 2.00. The van der Waals surface area contributed by atoms with Crippen LogP contribution >= 0.6 is 0 Å². The number of methoxy groups -OCH3 is 1. The minimum absolute atomic E-state index is 0.118. The van der Waals surface area contributed by atoms with Gasteiger partial charge in [-0.2, -0.15) is 0 Å². The topological polar surface area (TPSA) is 21.3 Å². The Morgan fingerprint density at radius 2 is 1.64 bits per heavy atom. The Morgan fingerprint density at radius 1 is 1.14 bits per heavy atom. The van der Waals surface area contributed by atoms with Gasteiger partial charge < -0.3 is 10.1 Å². The van der Waals surface area contributed by atoms with Gasteiger partial charge in [-0.05, 0) is 32.2 Å². The Labute approximate surface area is 89.4 Å². The van der Waals surface area contributed by atoms with Crippen LogP contribution in [0, 0.1) is 5.41 Å². The van der Waals surface area contributed by atoms with Crippen molar-refractivity contribution >= 4 is 0 Å². The monoisotopic (exact) mass is 201 g/mol. The van der Waals surface area contributed by atoms with Crippen molar-refractivity contribution in [2.24, 2.45) is 5.41 Å². The predicted octanol–water partition coefficient (Wildman–Crippen LogP) is 2.83. The molecular weight excluding hydrogens is 174 g/mol. The van der Waals surface area contributed by atoms with Crippen molar-refractivity contribution < 1.29 is 4.74 Å². The first-order valence-corrected chi connectivity index (χ1v) is 5.54. The zero-order valence-electron chi connectivity index (χ0n) is 10.9. The third-order valence-electron chi connectivity index (χ3n) is 2.69. The molecule has 0 saturated carbocycles. The smallest absolute Gasteiger partial charge is 0.0780 e. The van der Waals surface area contributed by atoms with Crippen LogP contribution in [0.2, 0.25) is 0 Å². The van der Waals surface area contributed by atoms with E-state index in [0.29, 0.717) is 6.04 Å². The van der Waals surface area contributed by atoms with Crippen molar-refractivity contribution in [2.75, 3.05) is 13.7 Å². The van der Waals surface area contributed by atoms with Crippen molar-refractivity contribution in [1.82, 2.24) is 5.32 Å². The molecule has 0 rings (SSSR count). The fourth-order valence-electron chi connectivity index (χ4n) is 2.00. The van der Waals surface area contributed by atoms with Gasteiger partial charge in [0, 0.05) is 13.2 Å². The molecule has 0 aromatic heterocycles. The molecule has 0 heterocycles. The van der Waals surface area contributed by atoms with E-state index in [9.17, 15) is 0 Å². The molecule has 1 N–H and O–H groups in total.